The van der Waals surface area contributed by atoms with Crippen molar-refractivity contribution in [1.82, 2.24) is 29.5 Å². The fourth-order valence-corrected chi connectivity index (χ4v) is 4.16. The number of ether oxygens (including phenoxy) is 1. The smallest absolute Gasteiger partial charge is 0.414 e. The molecule has 35 heavy (non-hydrogen) atoms. The van der Waals surface area contributed by atoms with E-state index >= 15 is 4.39 Å². The molecule has 5 rings (SSSR count). The monoisotopic (exact) mass is 475 g/mol. The molecular formula is C24H22FN7O3. The van der Waals surface area contributed by atoms with Crippen LogP contribution in [-0.4, -0.2) is 54.1 Å². The first kappa shape index (κ1) is 22.4. The van der Waals surface area contributed by atoms with Gasteiger partial charge in [-0.2, -0.15) is 0 Å². The number of benzene rings is 1. The first-order chi connectivity index (χ1) is 16.9. The van der Waals surface area contributed by atoms with E-state index in [0.717, 1.165) is 5.69 Å². The van der Waals surface area contributed by atoms with Crippen LogP contribution in [0, 0.1) is 19.7 Å². The first-order valence-corrected chi connectivity index (χ1v) is 11.0. The minimum atomic E-state index is -0.577. The Hall–Kier alpha value is -4.41. The lowest BCUT2D eigenvalue weighted by atomic mass is 10.0. The largest absolute Gasteiger partial charge is 0.442 e. The van der Waals surface area contributed by atoms with Crippen molar-refractivity contribution in [3.05, 3.63) is 78.1 Å². The van der Waals surface area contributed by atoms with Gasteiger partial charge in [0.05, 0.1) is 37.2 Å². The molecule has 11 heteroatoms. The van der Waals surface area contributed by atoms with E-state index in [-0.39, 0.29) is 30.1 Å². The second kappa shape index (κ2) is 9.09. The Morgan fingerprint density at radius 3 is 2.77 bits per heavy atom. The summed E-state index contributed by atoms with van der Waals surface area (Å²) >= 11 is 0. The highest BCUT2D eigenvalue weighted by Gasteiger charge is 2.33. The topological polar surface area (TPSA) is 108 Å². The van der Waals surface area contributed by atoms with Gasteiger partial charge in [-0.3, -0.25) is 14.7 Å². The molecule has 0 spiro atoms. The molecule has 1 aliphatic heterocycles. The number of imidazole rings is 1. The average Bonchev–Trinajstić information content (AvgIpc) is 3.55. The molecule has 3 aromatic heterocycles. The summed E-state index contributed by atoms with van der Waals surface area (Å²) in [5.41, 5.74) is 1.93. The minimum absolute atomic E-state index is 0.0448. The van der Waals surface area contributed by atoms with Gasteiger partial charge >= 0.3 is 6.09 Å². The van der Waals surface area contributed by atoms with Crippen LogP contribution in [0.2, 0.25) is 0 Å². The van der Waals surface area contributed by atoms with Gasteiger partial charge in [-0.05, 0) is 38.1 Å². The van der Waals surface area contributed by atoms with Gasteiger partial charge in [0.25, 0.3) is 0 Å². The minimum Gasteiger partial charge on any atom is -0.442 e. The Bertz CT molecular complexity index is 1400. The number of nitrogens with zero attached hydrogens (tertiary/aromatic N) is 7. The molecule has 0 unspecified atom stereocenters. The number of hydrogen-bond acceptors (Lipinski definition) is 7. The molecule has 10 nitrogen and oxygen atoms in total. The van der Waals surface area contributed by atoms with E-state index in [1.54, 1.807) is 45.9 Å². The number of rotatable bonds is 7. The zero-order valence-electron chi connectivity index (χ0n) is 19.1. The van der Waals surface area contributed by atoms with Gasteiger partial charge in [-0.25, -0.2) is 18.9 Å². The quantitative estimate of drug-likeness (QED) is 0.378. The van der Waals surface area contributed by atoms with Crippen LogP contribution in [0.5, 0.6) is 0 Å². The second-order valence-electron chi connectivity index (χ2n) is 8.29. The molecule has 1 amide bonds. The van der Waals surface area contributed by atoms with Crippen LogP contribution in [0.15, 0.2) is 55.1 Å². The Morgan fingerprint density at radius 2 is 2.06 bits per heavy atom. The van der Waals surface area contributed by atoms with Crippen LogP contribution in [0.25, 0.3) is 11.1 Å². The molecule has 0 aliphatic carbocycles. The number of amides is 1. The van der Waals surface area contributed by atoms with Crippen LogP contribution in [0.4, 0.5) is 14.9 Å². The highest BCUT2D eigenvalue weighted by Crippen LogP contribution is 2.31. The van der Waals surface area contributed by atoms with Crippen LogP contribution in [-0.2, 0) is 17.8 Å². The molecule has 0 saturated carbocycles. The molecule has 178 valence electrons. The zero-order valence-corrected chi connectivity index (χ0v) is 19.1. The lowest BCUT2D eigenvalue weighted by Crippen LogP contribution is -2.26. The summed E-state index contributed by atoms with van der Waals surface area (Å²) in [5.74, 6) is -0.126. The number of pyridine rings is 1. The average molecular weight is 475 g/mol. The number of anilines is 1. The Labute approximate surface area is 200 Å². The number of cyclic esters (lactones) is 1. The van der Waals surface area contributed by atoms with Crippen LogP contribution in [0.3, 0.4) is 0 Å². The van der Waals surface area contributed by atoms with Crippen molar-refractivity contribution in [2.75, 3.05) is 11.4 Å². The van der Waals surface area contributed by atoms with Gasteiger partial charge in [0, 0.05) is 29.7 Å². The number of hydrogen-bond donors (Lipinski definition) is 0. The summed E-state index contributed by atoms with van der Waals surface area (Å²) in [7, 11) is 0. The van der Waals surface area contributed by atoms with Crippen LogP contribution >= 0.6 is 0 Å². The van der Waals surface area contributed by atoms with E-state index in [9.17, 15) is 9.59 Å². The van der Waals surface area contributed by atoms with Gasteiger partial charge in [0.2, 0.25) is 5.78 Å². The Balaban J connectivity index is 1.38. The van der Waals surface area contributed by atoms with Crippen molar-refractivity contribution in [2.24, 2.45) is 0 Å². The molecule has 0 N–H and O–H groups in total. The summed E-state index contributed by atoms with van der Waals surface area (Å²) in [6, 6.07) is 7.74. The lowest BCUT2D eigenvalue weighted by molar-refractivity contribution is 0.0967. The predicted octanol–water partition coefficient (Wildman–Crippen LogP) is 3.20. The summed E-state index contributed by atoms with van der Waals surface area (Å²) < 4.78 is 24.0. The maximum absolute atomic E-state index is 15.3. The molecule has 1 atom stereocenters. The molecule has 1 saturated heterocycles. The number of ketones is 1. The highest BCUT2D eigenvalue weighted by molar-refractivity contribution is 6.00. The Morgan fingerprint density at radius 1 is 1.20 bits per heavy atom. The second-order valence-corrected chi connectivity index (χ2v) is 8.29. The normalized spacial score (nSPS) is 15.5. The van der Waals surface area contributed by atoms with E-state index in [0.29, 0.717) is 23.6 Å². The maximum atomic E-state index is 15.3. The Kier molecular flexibility index (Phi) is 5.81. The third kappa shape index (κ3) is 4.52. The third-order valence-corrected chi connectivity index (χ3v) is 5.77. The molecule has 4 heterocycles. The van der Waals surface area contributed by atoms with Crippen molar-refractivity contribution >= 4 is 17.6 Å². The number of Topliss-reactive ketones (excluding diaryl/α,β-unsaturated/α-hetero) is 1. The molecule has 1 fully saturated rings. The highest BCUT2D eigenvalue weighted by atomic mass is 19.1. The van der Waals surface area contributed by atoms with Crippen molar-refractivity contribution < 1.29 is 18.7 Å². The van der Waals surface area contributed by atoms with Crippen molar-refractivity contribution in [2.45, 2.75) is 33.0 Å². The number of carbonyl (C=O) groups is 2. The summed E-state index contributed by atoms with van der Waals surface area (Å²) in [6.45, 7) is 4.31. The van der Waals surface area contributed by atoms with Crippen LogP contribution in [0.1, 0.15) is 22.0 Å². The molecule has 0 radical (unpaired) electrons. The molecule has 0 bridgehead atoms. The number of carbonyl (C=O) groups excluding carboxylic acids is 2. The van der Waals surface area contributed by atoms with Crippen molar-refractivity contribution in [3.8, 4) is 11.1 Å². The van der Waals surface area contributed by atoms with Gasteiger partial charge in [0.15, 0.2) is 0 Å². The summed E-state index contributed by atoms with van der Waals surface area (Å²) in [5, 5.41) is 7.61. The molecular weight excluding hydrogens is 453 g/mol. The number of halogens is 1. The van der Waals surface area contributed by atoms with E-state index in [2.05, 4.69) is 20.3 Å². The number of aryl methyl sites for hydroxylation is 2. The fourth-order valence-electron chi connectivity index (χ4n) is 4.16. The van der Waals surface area contributed by atoms with Gasteiger partial charge < -0.3 is 9.30 Å². The van der Waals surface area contributed by atoms with Gasteiger partial charge in [-0.1, -0.05) is 11.3 Å². The van der Waals surface area contributed by atoms with Gasteiger partial charge in [0.1, 0.15) is 23.4 Å². The van der Waals surface area contributed by atoms with E-state index in [1.165, 1.54) is 23.4 Å². The van der Waals surface area contributed by atoms with Gasteiger partial charge in [-0.15, -0.1) is 5.10 Å². The molecule has 1 aromatic carbocycles. The van der Waals surface area contributed by atoms with E-state index < -0.39 is 18.0 Å². The lowest BCUT2D eigenvalue weighted by Gasteiger charge is -2.15. The first-order valence-electron chi connectivity index (χ1n) is 11.0. The summed E-state index contributed by atoms with van der Waals surface area (Å²) in [4.78, 5) is 35.4. The van der Waals surface area contributed by atoms with Crippen molar-refractivity contribution in [1.29, 1.82) is 0 Å². The third-order valence-electron chi connectivity index (χ3n) is 5.77. The molecule has 4 aromatic rings. The SMILES string of the molecule is Cc1cn(CC(=O)c2ncccc2-c2ccc(N3C[C@H](Cn4ccnn4)OC3=O)cc2F)c(C)n1. The van der Waals surface area contributed by atoms with E-state index in [4.69, 9.17) is 4.74 Å². The zero-order chi connectivity index (χ0) is 24.5. The number of aromatic nitrogens is 6. The fraction of sp³-hybridized carbons (Fsp3) is 0.250. The van der Waals surface area contributed by atoms with Crippen LogP contribution < -0.4 is 4.90 Å². The van der Waals surface area contributed by atoms with E-state index in [1.807, 2.05) is 13.8 Å². The molecule has 1 aliphatic rings. The predicted molar refractivity (Wildman–Crippen MR) is 123 cm³/mol. The standard InChI is InChI=1S/C24H22FN7O3/c1-15-11-30(16(2)28-15)14-22(33)23-20(4-3-7-26-23)19-6-5-17(10-21(19)25)32-13-18(35-24(32)34)12-31-9-8-27-29-31/h3-11,18H,12-14H2,1-2H3/t18-/m0/s1. The summed E-state index contributed by atoms with van der Waals surface area (Å²) in [6.07, 6.45) is 5.50. The maximum Gasteiger partial charge on any atom is 0.414 e. The van der Waals surface area contributed by atoms with Crippen molar-refractivity contribution in [3.63, 3.8) is 0 Å².